The summed E-state index contributed by atoms with van der Waals surface area (Å²) in [7, 11) is 0. The van der Waals surface area contributed by atoms with Crippen LogP contribution in [0.3, 0.4) is 0 Å². The van der Waals surface area contributed by atoms with Gasteiger partial charge in [-0.2, -0.15) is 0 Å². The molecule has 0 radical (unpaired) electrons. The predicted molar refractivity (Wildman–Crippen MR) is 275 cm³/mol. The number of esters is 1. The van der Waals surface area contributed by atoms with E-state index in [2.05, 4.69) is 50.3 Å². The maximum absolute atomic E-state index is 12.9. The fourth-order valence-electron chi connectivity index (χ4n) is 8.64. The van der Waals surface area contributed by atoms with Gasteiger partial charge in [0, 0.05) is 13.0 Å². The van der Waals surface area contributed by atoms with Crippen molar-refractivity contribution in [1.29, 1.82) is 0 Å². The van der Waals surface area contributed by atoms with Crippen molar-refractivity contribution in [2.45, 2.75) is 295 Å². The molecule has 1 rings (SSSR count). The summed E-state index contributed by atoms with van der Waals surface area (Å²) >= 11 is 0. The van der Waals surface area contributed by atoms with Gasteiger partial charge in [-0.3, -0.25) is 4.79 Å². The fourth-order valence-corrected chi connectivity index (χ4v) is 8.64. The van der Waals surface area contributed by atoms with Crippen molar-refractivity contribution in [3.8, 4) is 0 Å². The SMILES string of the molecule is CCCCC/C=C\C/C=C\CCCCCCCCCCCCOCC(COC1OC(CO)C(O)C(O)C1O)OC(=O)CCCCCCCCCCCCC/C=C\CCCCCCCCCC. The van der Waals surface area contributed by atoms with Crippen LogP contribution in [0.15, 0.2) is 36.5 Å². The van der Waals surface area contributed by atoms with Crippen molar-refractivity contribution in [2.75, 3.05) is 26.4 Å². The Kier molecular flexibility index (Phi) is 45.8. The van der Waals surface area contributed by atoms with E-state index in [0.717, 1.165) is 38.5 Å². The van der Waals surface area contributed by atoms with E-state index in [1.165, 1.54) is 199 Å². The minimum Gasteiger partial charge on any atom is -0.457 e. The maximum Gasteiger partial charge on any atom is 0.306 e. The largest absolute Gasteiger partial charge is 0.457 e. The summed E-state index contributed by atoms with van der Waals surface area (Å²) in [6.45, 7) is 4.57. The van der Waals surface area contributed by atoms with Crippen molar-refractivity contribution in [3.05, 3.63) is 36.5 Å². The standard InChI is InChI=1S/C57H106O9/c1-3-5-7-9-11-13-15-17-19-21-23-25-26-27-28-30-32-34-36-38-40-42-44-46-53(59)65-51(50-64-57-56(62)55(61)54(60)52(48-58)66-57)49-63-47-45-43-41-39-37-35-33-31-29-24-22-20-18-16-14-12-10-8-6-4-2/h12,14,18,20-21,23,51-52,54-58,60-62H,3-11,13,15-17,19,22,24-50H2,1-2H3/b14-12-,20-18-,23-21-. The third kappa shape index (κ3) is 38.3. The van der Waals surface area contributed by atoms with Crippen LogP contribution in [0.2, 0.25) is 0 Å². The van der Waals surface area contributed by atoms with E-state index in [9.17, 15) is 25.2 Å². The van der Waals surface area contributed by atoms with E-state index in [0.29, 0.717) is 13.0 Å². The van der Waals surface area contributed by atoms with Crippen molar-refractivity contribution < 1.29 is 44.2 Å². The minimum atomic E-state index is -1.54. The minimum absolute atomic E-state index is 0.113. The molecule has 0 amide bonds. The van der Waals surface area contributed by atoms with Crippen LogP contribution in [0.4, 0.5) is 0 Å². The first-order chi connectivity index (χ1) is 32.4. The smallest absolute Gasteiger partial charge is 0.306 e. The van der Waals surface area contributed by atoms with Crippen LogP contribution < -0.4 is 0 Å². The average molecular weight is 935 g/mol. The Hall–Kier alpha value is -1.59. The first-order valence-corrected chi connectivity index (χ1v) is 28.1. The number of ether oxygens (including phenoxy) is 4. The van der Waals surface area contributed by atoms with Gasteiger partial charge in [-0.05, 0) is 70.6 Å². The van der Waals surface area contributed by atoms with Gasteiger partial charge in [-0.25, -0.2) is 0 Å². The number of hydrogen-bond acceptors (Lipinski definition) is 9. The average Bonchev–Trinajstić information content (AvgIpc) is 3.32. The quantitative estimate of drug-likeness (QED) is 0.0267. The van der Waals surface area contributed by atoms with E-state index in [4.69, 9.17) is 18.9 Å². The maximum atomic E-state index is 12.9. The molecule has 388 valence electrons. The zero-order chi connectivity index (χ0) is 47.8. The first-order valence-electron chi connectivity index (χ1n) is 28.1. The second-order valence-electron chi connectivity index (χ2n) is 19.4. The van der Waals surface area contributed by atoms with Gasteiger partial charge in [0.25, 0.3) is 0 Å². The fraction of sp³-hybridized carbons (Fsp3) is 0.877. The molecule has 1 fully saturated rings. The van der Waals surface area contributed by atoms with Gasteiger partial charge in [0.2, 0.25) is 0 Å². The number of carbonyl (C=O) groups is 1. The summed E-state index contributed by atoms with van der Waals surface area (Å²) in [5.74, 6) is -0.312. The van der Waals surface area contributed by atoms with E-state index in [1.807, 2.05) is 0 Å². The highest BCUT2D eigenvalue weighted by atomic mass is 16.7. The Labute approximate surface area is 406 Å². The van der Waals surface area contributed by atoms with Crippen LogP contribution in [0, 0.1) is 0 Å². The first kappa shape index (κ1) is 62.4. The van der Waals surface area contributed by atoms with Crippen LogP contribution >= 0.6 is 0 Å². The lowest BCUT2D eigenvalue weighted by atomic mass is 9.99. The Bertz CT molecular complexity index is 1110. The molecule has 4 N–H and O–H groups in total. The number of rotatable bonds is 49. The highest BCUT2D eigenvalue weighted by molar-refractivity contribution is 5.69. The van der Waals surface area contributed by atoms with Gasteiger partial charge in [-0.15, -0.1) is 0 Å². The van der Waals surface area contributed by atoms with Gasteiger partial charge < -0.3 is 39.4 Å². The van der Waals surface area contributed by atoms with Crippen molar-refractivity contribution >= 4 is 5.97 Å². The molecule has 9 heteroatoms. The number of aliphatic hydroxyl groups excluding tert-OH is 4. The zero-order valence-electron chi connectivity index (χ0n) is 43.0. The van der Waals surface area contributed by atoms with Crippen molar-refractivity contribution in [2.24, 2.45) is 0 Å². The Morgan fingerprint density at radius 3 is 1.35 bits per heavy atom. The number of hydrogen-bond donors (Lipinski definition) is 4. The molecule has 0 spiro atoms. The van der Waals surface area contributed by atoms with E-state index in [1.54, 1.807) is 0 Å². The van der Waals surface area contributed by atoms with Crippen molar-refractivity contribution in [3.63, 3.8) is 0 Å². The lowest BCUT2D eigenvalue weighted by Crippen LogP contribution is -2.59. The van der Waals surface area contributed by atoms with Gasteiger partial charge in [-0.1, -0.05) is 217 Å². The van der Waals surface area contributed by atoms with E-state index >= 15 is 0 Å². The molecule has 0 aromatic rings. The summed E-state index contributed by atoms with van der Waals surface area (Å²) < 4.78 is 23.0. The second kappa shape index (κ2) is 48.4. The van der Waals surface area contributed by atoms with Crippen LogP contribution in [-0.2, 0) is 23.7 Å². The highest BCUT2D eigenvalue weighted by Gasteiger charge is 2.44. The topological polar surface area (TPSA) is 135 Å². The molecular formula is C57H106O9. The normalized spacial score (nSPS) is 19.5. The van der Waals surface area contributed by atoms with Gasteiger partial charge in [0.1, 0.15) is 30.5 Å². The van der Waals surface area contributed by atoms with Crippen LogP contribution in [0.1, 0.15) is 258 Å². The summed E-state index contributed by atoms with van der Waals surface area (Å²) in [5, 5.41) is 40.3. The monoisotopic (exact) mass is 935 g/mol. The highest BCUT2D eigenvalue weighted by Crippen LogP contribution is 2.23. The molecule has 0 aromatic heterocycles. The Morgan fingerprint density at radius 2 is 0.879 bits per heavy atom. The molecule has 0 aromatic carbocycles. The van der Waals surface area contributed by atoms with Crippen LogP contribution in [0.5, 0.6) is 0 Å². The lowest BCUT2D eigenvalue weighted by Gasteiger charge is -2.39. The number of unbranched alkanes of at least 4 members (excludes halogenated alkanes) is 32. The van der Waals surface area contributed by atoms with Crippen LogP contribution in [0.25, 0.3) is 0 Å². The zero-order valence-corrected chi connectivity index (χ0v) is 43.0. The molecular weight excluding hydrogens is 829 g/mol. The van der Waals surface area contributed by atoms with E-state index < -0.39 is 43.4 Å². The molecule has 0 saturated carbocycles. The summed E-state index contributed by atoms with van der Waals surface area (Å²) in [5.41, 5.74) is 0. The summed E-state index contributed by atoms with van der Waals surface area (Å²) in [6.07, 6.45) is 53.3. The van der Waals surface area contributed by atoms with Gasteiger partial charge in [0.15, 0.2) is 6.29 Å². The third-order valence-electron chi connectivity index (χ3n) is 13.0. The second-order valence-corrected chi connectivity index (χ2v) is 19.4. The van der Waals surface area contributed by atoms with Crippen LogP contribution in [-0.4, -0.2) is 89.6 Å². The summed E-state index contributed by atoms with van der Waals surface area (Å²) in [4.78, 5) is 12.9. The predicted octanol–water partition coefficient (Wildman–Crippen LogP) is 14.3. The Morgan fingerprint density at radius 1 is 0.485 bits per heavy atom. The molecule has 0 bridgehead atoms. The van der Waals surface area contributed by atoms with E-state index in [-0.39, 0.29) is 19.2 Å². The lowest BCUT2D eigenvalue weighted by molar-refractivity contribution is -0.305. The molecule has 1 aliphatic heterocycles. The molecule has 1 aliphatic rings. The molecule has 66 heavy (non-hydrogen) atoms. The Balaban J connectivity index is 2.16. The molecule has 9 nitrogen and oxygen atoms in total. The number of carbonyl (C=O) groups excluding carboxylic acids is 1. The molecule has 6 atom stereocenters. The number of aliphatic hydroxyl groups is 4. The number of allylic oxidation sites excluding steroid dienone is 6. The molecule has 1 saturated heterocycles. The summed E-state index contributed by atoms with van der Waals surface area (Å²) in [6, 6.07) is 0. The molecule has 0 aliphatic carbocycles. The molecule has 1 heterocycles. The van der Waals surface area contributed by atoms with Crippen molar-refractivity contribution in [1.82, 2.24) is 0 Å². The van der Waals surface area contributed by atoms with Gasteiger partial charge >= 0.3 is 5.97 Å². The van der Waals surface area contributed by atoms with Gasteiger partial charge in [0.05, 0.1) is 19.8 Å². The molecule has 6 unspecified atom stereocenters. The third-order valence-corrected chi connectivity index (χ3v) is 13.0.